The van der Waals surface area contributed by atoms with Crippen LogP contribution in [-0.4, -0.2) is 30.2 Å². The molecule has 7 heteroatoms. The van der Waals surface area contributed by atoms with E-state index in [0.717, 1.165) is 0 Å². The van der Waals surface area contributed by atoms with E-state index in [1.165, 1.54) is 20.3 Å². The number of hydrogen-bond acceptors (Lipinski definition) is 5. The zero-order chi connectivity index (χ0) is 15.3. The number of hydrogen-bond donors (Lipinski definition) is 1. The van der Waals surface area contributed by atoms with Gasteiger partial charge >= 0.3 is 11.7 Å². The first kappa shape index (κ1) is 15.7. The molecule has 20 heavy (non-hydrogen) atoms. The topological polar surface area (TPSA) is 98.9 Å². The van der Waals surface area contributed by atoms with E-state index >= 15 is 0 Å². The van der Waals surface area contributed by atoms with E-state index in [1.807, 2.05) is 6.92 Å². The van der Waals surface area contributed by atoms with Crippen LogP contribution in [0.15, 0.2) is 12.1 Å². The summed E-state index contributed by atoms with van der Waals surface area (Å²) in [5.41, 5.74) is 0.458. The average molecular weight is 283 g/mol. The standard InChI is InChI=1S/C13H17NO6/c1-8(4-5-12(15)16)9-6-10(14(17)18)13(20-3)11(7-9)19-2/h6-8H,4-5H2,1-3H3,(H,15,16). The number of benzene rings is 1. The van der Waals surface area contributed by atoms with Crippen molar-refractivity contribution in [2.24, 2.45) is 0 Å². The third-order valence-electron chi connectivity index (χ3n) is 3.04. The van der Waals surface area contributed by atoms with Crippen LogP contribution in [-0.2, 0) is 4.79 Å². The summed E-state index contributed by atoms with van der Waals surface area (Å²) in [4.78, 5) is 21.1. The number of ether oxygens (including phenoxy) is 2. The molecule has 0 radical (unpaired) electrons. The summed E-state index contributed by atoms with van der Waals surface area (Å²) in [6, 6.07) is 3.03. The first-order valence-electron chi connectivity index (χ1n) is 6.02. The molecular weight excluding hydrogens is 266 g/mol. The molecule has 0 saturated heterocycles. The predicted octanol–water partition coefficient (Wildman–Crippen LogP) is 2.58. The SMILES string of the molecule is COc1cc(C(C)CCC(=O)O)cc([N+](=O)[O-])c1OC. The van der Waals surface area contributed by atoms with E-state index < -0.39 is 10.9 Å². The van der Waals surface area contributed by atoms with Crippen LogP contribution >= 0.6 is 0 Å². The second-order valence-corrected chi connectivity index (χ2v) is 4.37. The quantitative estimate of drug-likeness (QED) is 0.610. The molecule has 0 heterocycles. The monoisotopic (exact) mass is 283 g/mol. The Morgan fingerprint density at radius 1 is 1.40 bits per heavy atom. The van der Waals surface area contributed by atoms with E-state index in [1.54, 1.807) is 6.07 Å². The van der Waals surface area contributed by atoms with Crippen molar-refractivity contribution in [3.8, 4) is 11.5 Å². The Labute approximate surface area is 116 Å². The molecule has 0 aliphatic carbocycles. The number of carboxylic acid groups (broad SMARTS) is 1. The van der Waals surface area contributed by atoms with Gasteiger partial charge in [-0.1, -0.05) is 6.92 Å². The molecule has 0 aliphatic rings. The van der Waals surface area contributed by atoms with Gasteiger partial charge in [0.1, 0.15) is 0 Å². The number of methoxy groups -OCH3 is 2. The fourth-order valence-electron chi connectivity index (χ4n) is 1.89. The Hall–Kier alpha value is -2.31. The minimum absolute atomic E-state index is 0.00328. The average Bonchev–Trinajstić information content (AvgIpc) is 2.42. The van der Waals surface area contributed by atoms with Gasteiger partial charge in [-0.15, -0.1) is 0 Å². The number of rotatable bonds is 7. The molecule has 1 aromatic carbocycles. The first-order chi connectivity index (χ1) is 9.40. The lowest BCUT2D eigenvalue weighted by atomic mass is 9.95. The molecule has 1 N–H and O–H groups in total. The van der Waals surface area contributed by atoms with E-state index in [-0.39, 0.29) is 29.5 Å². The summed E-state index contributed by atoms with van der Waals surface area (Å²) in [6.07, 6.45) is 0.394. The van der Waals surface area contributed by atoms with Crippen LogP contribution in [0.2, 0.25) is 0 Å². The Kier molecular flexibility index (Phi) is 5.31. The third kappa shape index (κ3) is 3.59. The van der Waals surface area contributed by atoms with Crippen molar-refractivity contribution in [3.05, 3.63) is 27.8 Å². The van der Waals surface area contributed by atoms with E-state index in [9.17, 15) is 14.9 Å². The van der Waals surface area contributed by atoms with Crippen molar-refractivity contribution >= 4 is 11.7 Å². The summed E-state index contributed by atoms with van der Waals surface area (Å²) in [7, 11) is 2.73. The van der Waals surface area contributed by atoms with Crippen molar-refractivity contribution in [2.75, 3.05) is 14.2 Å². The molecule has 1 unspecified atom stereocenters. The second kappa shape index (κ2) is 6.74. The molecule has 1 aromatic rings. The van der Waals surface area contributed by atoms with Gasteiger partial charge in [0.05, 0.1) is 19.1 Å². The van der Waals surface area contributed by atoms with Gasteiger partial charge in [-0.2, -0.15) is 0 Å². The van der Waals surface area contributed by atoms with Crippen LogP contribution in [0.3, 0.4) is 0 Å². The van der Waals surface area contributed by atoms with Gasteiger partial charge in [-0.3, -0.25) is 14.9 Å². The number of nitrogens with zero attached hydrogens (tertiary/aromatic N) is 1. The van der Waals surface area contributed by atoms with Crippen molar-refractivity contribution in [1.29, 1.82) is 0 Å². The Balaban J connectivity index is 3.18. The maximum absolute atomic E-state index is 11.1. The van der Waals surface area contributed by atoms with Crippen molar-refractivity contribution in [1.82, 2.24) is 0 Å². The van der Waals surface area contributed by atoms with E-state index in [4.69, 9.17) is 14.6 Å². The summed E-state index contributed by atoms with van der Waals surface area (Å²) in [5, 5.41) is 19.7. The Morgan fingerprint density at radius 2 is 2.05 bits per heavy atom. The number of carboxylic acids is 1. The molecule has 0 saturated carbocycles. The normalized spacial score (nSPS) is 11.8. The van der Waals surface area contributed by atoms with Gasteiger partial charge in [0, 0.05) is 12.5 Å². The highest BCUT2D eigenvalue weighted by molar-refractivity contribution is 5.66. The van der Waals surface area contributed by atoms with E-state index in [0.29, 0.717) is 12.0 Å². The molecule has 110 valence electrons. The molecule has 0 fully saturated rings. The summed E-state index contributed by atoms with van der Waals surface area (Å²) in [5.74, 6) is -0.706. The minimum Gasteiger partial charge on any atom is -0.493 e. The number of nitro groups is 1. The molecule has 1 rings (SSSR count). The maximum atomic E-state index is 11.1. The smallest absolute Gasteiger partial charge is 0.315 e. The van der Waals surface area contributed by atoms with Gasteiger partial charge in [-0.25, -0.2) is 0 Å². The highest BCUT2D eigenvalue weighted by Gasteiger charge is 2.23. The van der Waals surface area contributed by atoms with Crippen LogP contribution in [0.4, 0.5) is 5.69 Å². The number of nitro benzene ring substituents is 1. The molecule has 0 bridgehead atoms. The maximum Gasteiger partial charge on any atom is 0.315 e. The largest absolute Gasteiger partial charge is 0.493 e. The first-order valence-corrected chi connectivity index (χ1v) is 6.02. The minimum atomic E-state index is -0.896. The summed E-state index contributed by atoms with van der Waals surface area (Å²) >= 11 is 0. The van der Waals surface area contributed by atoms with Crippen LogP contribution in [0, 0.1) is 10.1 Å². The molecule has 1 atom stereocenters. The van der Waals surface area contributed by atoms with Gasteiger partial charge in [0.2, 0.25) is 5.75 Å². The lowest BCUT2D eigenvalue weighted by Gasteiger charge is -2.14. The number of aliphatic carboxylic acids is 1. The molecule has 0 spiro atoms. The summed E-state index contributed by atoms with van der Waals surface area (Å²) in [6.45, 7) is 1.81. The summed E-state index contributed by atoms with van der Waals surface area (Å²) < 4.78 is 10.1. The van der Waals surface area contributed by atoms with Crippen LogP contribution in [0.25, 0.3) is 0 Å². The van der Waals surface area contributed by atoms with Crippen molar-refractivity contribution in [2.45, 2.75) is 25.7 Å². The van der Waals surface area contributed by atoms with Crippen molar-refractivity contribution in [3.63, 3.8) is 0 Å². The van der Waals surface area contributed by atoms with Gasteiger partial charge in [-0.05, 0) is 24.0 Å². The zero-order valence-electron chi connectivity index (χ0n) is 11.6. The fraction of sp³-hybridized carbons (Fsp3) is 0.462. The van der Waals surface area contributed by atoms with Crippen LogP contribution < -0.4 is 9.47 Å². The predicted molar refractivity (Wildman–Crippen MR) is 71.5 cm³/mol. The Morgan fingerprint density at radius 3 is 2.50 bits per heavy atom. The number of carbonyl (C=O) groups is 1. The molecule has 7 nitrogen and oxygen atoms in total. The second-order valence-electron chi connectivity index (χ2n) is 4.37. The van der Waals surface area contributed by atoms with Gasteiger partial charge in [0.25, 0.3) is 0 Å². The lowest BCUT2D eigenvalue weighted by molar-refractivity contribution is -0.385. The third-order valence-corrected chi connectivity index (χ3v) is 3.04. The Bertz CT molecular complexity index is 514. The lowest BCUT2D eigenvalue weighted by Crippen LogP contribution is -2.03. The van der Waals surface area contributed by atoms with Gasteiger partial charge < -0.3 is 14.6 Å². The zero-order valence-corrected chi connectivity index (χ0v) is 11.6. The highest BCUT2D eigenvalue weighted by atomic mass is 16.6. The molecule has 0 amide bonds. The molecular formula is C13H17NO6. The van der Waals surface area contributed by atoms with Gasteiger partial charge in [0.15, 0.2) is 5.75 Å². The van der Waals surface area contributed by atoms with E-state index in [2.05, 4.69) is 0 Å². The van der Waals surface area contributed by atoms with Crippen molar-refractivity contribution < 1.29 is 24.3 Å². The van der Waals surface area contributed by atoms with Crippen LogP contribution in [0.5, 0.6) is 11.5 Å². The fourth-order valence-corrected chi connectivity index (χ4v) is 1.89. The molecule has 0 aromatic heterocycles. The molecule has 0 aliphatic heterocycles. The highest BCUT2D eigenvalue weighted by Crippen LogP contribution is 2.40. The van der Waals surface area contributed by atoms with Crippen LogP contribution in [0.1, 0.15) is 31.2 Å².